The van der Waals surface area contributed by atoms with Crippen LogP contribution in [0.4, 0.5) is 17.1 Å². The van der Waals surface area contributed by atoms with Gasteiger partial charge in [-0.3, -0.25) is 0 Å². The van der Waals surface area contributed by atoms with Crippen LogP contribution in [0.1, 0.15) is 25.0 Å². The van der Waals surface area contributed by atoms with Gasteiger partial charge in [-0.05, 0) is 148 Å². The SMILES string of the molecule is CC1(C)c2ccccc2-c2ccc(N(c3ccc(-c4cccc5c4c4ccccc4n5-c4ccccc4)cc3)c3cccc4oc5ccc(-c6ccc7c(c6)c6ccccc6n7-c6ccccc6)cc5c34)cc21. The molecule has 73 heavy (non-hydrogen) atoms. The molecule has 344 valence electrons. The maximum atomic E-state index is 6.79. The Hall–Kier alpha value is -9.38. The van der Waals surface area contributed by atoms with Gasteiger partial charge in [0.1, 0.15) is 11.2 Å². The third kappa shape index (κ3) is 6.20. The van der Waals surface area contributed by atoms with Gasteiger partial charge < -0.3 is 18.5 Å². The van der Waals surface area contributed by atoms with Crippen molar-refractivity contribution in [2.75, 3.05) is 4.90 Å². The van der Waals surface area contributed by atoms with E-state index in [0.29, 0.717) is 0 Å². The van der Waals surface area contributed by atoms with Gasteiger partial charge in [0.05, 0.1) is 33.1 Å². The summed E-state index contributed by atoms with van der Waals surface area (Å²) in [6.07, 6.45) is 0. The van der Waals surface area contributed by atoms with Crippen LogP contribution in [0, 0.1) is 0 Å². The molecule has 11 aromatic carbocycles. The molecule has 4 heteroatoms. The van der Waals surface area contributed by atoms with Crippen molar-refractivity contribution in [1.82, 2.24) is 9.13 Å². The van der Waals surface area contributed by atoms with Crippen molar-refractivity contribution < 1.29 is 4.42 Å². The van der Waals surface area contributed by atoms with E-state index < -0.39 is 0 Å². The zero-order valence-electron chi connectivity index (χ0n) is 40.4. The van der Waals surface area contributed by atoms with Gasteiger partial charge in [0.25, 0.3) is 0 Å². The number of benzene rings is 11. The first kappa shape index (κ1) is 41.4. The Balaban J connectivity index is 0.908. The molecule has 0 saturated carbocycles. The highest BCUT2D eigenvalue weighted by Gasteiger charge is 2.36. The summed E-state index contributed by atoms with van der Waals surface area (Å²) < 4.78 is 11.6. The van der Waals surface area contributed by atoms with Crippen LogP contribution in [0.15, 0.2) is 253 Å². The van der Waals surface area contributed by atoms with Gasteiger partial charge in [-0.15, -0.1) is 0 Å². The van der Waals surface area contributed by atoms with Crippen LogP contribution in [0.5, 0.6) is 0 Å². The molecule has 3 aromatic heterocycles. The molecule has 0 atom stereocenters. The predicted molar refractivity (Wildman–Crippen MR) is 306 cm³/mol. The van der Waals surface area contributed by atoms with Crippen molar-refractivity contribution in [3.05, 3.63) is 260 Å². The lowest BCUT2D eigenvalue weighted by Crippen LogP contribution is -2.16. The zero-order valence-corrected chi connectivity index (χ0v) is 40.4. The average molecular weight is 934 g/mol. The molecule has 1 aliphatic rings. The molecular formula is C69H47N3O. The lowest BCUT2D eigenvalue weighted by Gasteiger charge is -2.29. The smallest absolute Gasteiger partial charge is 0.137 e. The molecule has 0 N–H and O–H groups in total. The molecule has 0 bridgehead atoms. The first-order chi connectivity index (χ1) is 36.0. The lowest BCUT2D eigenvalue weighted by atomic mass is 9.82. The topological polar surface area (TPSA) is 26.2 Å². The highest BCUT2D eigenvalue weighted by molar-refractivity contribution is 6.17. The van der Waals surface area contributed by atoms with E-state index in [-0.39, 0.29) is 5.41 Å². The molecule has 0 amide bonds. The number of nitrogens with zero attached hydrogens (tertiary/aromatic N) is 3. The Labute approximate surface area is 422 Å². The van der Waals surface area contributed by atoms with Crippen molar-refractivity contribution >= 4 is 82.6 Å². The first-order valence-electron chi connectivity index (χ1n) is 25.2. The Morgan fingerprint density at radius 2 is 0.904 bits per heavy atom. The Kier molecular flexibility index (Phi) is 8.97. The van der Waals surface area contributed by atoms with Crippen molar-refractivity contribution in [3.63, 3.8) is 0 Å². The Morgan fingerprint density at radius 1 is 0.342 bits per heavy atom. The van der Waals surface area contributed by atoms with E-state index in [9.17, 15) is 0 Å². The number of furan rings is 1. The molecule has 14 aromatic rings. The molecule has 15 rings (SSSR count). The summed E-state index contributed by atoms with van der Waals surface area (Å²) in [4.78, 5) is 2.44. The van der Waals surface area contributed by atoms with Gasteiger partial charge in [0.2, 0.25) is 0 Å². The maximum Gasteiger partial charge on any atom is 0.137 e. The highest BCUT2D eigenvalue weighted by atomic mass is 16.3. The van der Waals surface area contributed by atoms with Crippen molar-refractivity contribution in [1.29, 1.82) is 0 Å². The van der Waals surface area contributed by atoms with E-state index in [4.69, 9.17) is 4.42 Å². The number of rotatable bonds is 7. The fraction of sp³-hybridized carbons (Fsp3) is 0.0435. The third-order valence-electron chi connectivity index (χ3n) is 15.7. The number of hydrogen-bond donors (Lipinski definition) is 0. The van der Waals surface area contributed by atoms with E-state index in [1.54, 1.807) is 0 Å². The second kappa shape index (κ2) is 15.8. The fourth-order valence-corrected chi connectivity index (χ4v) is 12.3. The largest absolute Gasteiger partial charge is 0.456 e. The average Bonchev–Trinajstić information content (AvgIpc) is 4.16. The van der Waals surface area contributed by atoms with Crippen LogP contribution >= 0.6 is 0 Å². The molecule has 0 spiro atoms. The van der Waals surface area contributed by atoms with Crippen molar-refractivity contribution in [2.24, 2.45) is 0 Å². The van der Waals surface area contributed by atoms with E-state index in [0.717, 1.165) is 67.1 Å². The van der Waals surface area contributed by atoms with Gasteiger partial charge in [-0.25, -0.2) is 0 Å². The van der Waals surface area contributed by atoms with Gasteiger partial charge in [0.15, 0.2) is 0 Å². The number of aromatic nitrogens is 2. The lowest BCUT2D eigenvalue weighted by molar-refractivity contribution is 0.660. The van der Waals surface area contributed by atoms with Crippen LogP contribution < -0.4 is 4.90 Å². The summed E-state index contributed by atoms with van der Waals surface area (Å²) >= 11 is 0. The summed E-state index contributed by atoms with van der Waals surface area (Å²) in [6.45, 7) is 4.72. The number of hydrogen-bond acceptors (Lipinski definition) is 2. The number of para-hydroxylation sites is 4. The normalized spacial score (nSPS) is 12.9. The first-order valence-corrected chi connectivity index (χ1v) is 25.2. The highest BCUT2D eigenvalue weighted by Crippen LogP contribution is 2.52. The van der Waals surface area contributed by atoms with Gasteiger partial charge in [0, 0.05) is 55.1 Å². The van der Waals surface area contributed by atoms with Crippen LogP contribution in [-0.4, -0.2) is 9.13 Å². The van der Waals surface area contributed by atoms with Crippen molar-refractivity contribution in [2.45, 2.75) is 19.3 Å². The molecule has 0 saturated heterocycles. The molecular weight excluding hydrogens is 887 g/mol. The Bertz CT molecular complexity index is 4520. The molecule has 0 aliphatic heterocycles. The molecule has 1 aliphatic carbocycles. The monoisotopic (exact) mass is 933 g/mol. The summed E-state index contributed by atoms with van der Waals surface area (Å²) in [5.41, 5.74) is 21.8. The van der Waals surface area contributed by atoms with Gasteiger partial charge in [-0.1, -0.05) is 159 Å². The van der Waals surface area contributed by atoms with E-state index >= 15 is 0 Å². The summed E-state index contributed by atoms with van der Waals surface area (Å²) in [6, 6.07) is 90.8. The minimum absolute atomic E-state index is 0.174. The quantitative estimate of drug-likeness (QED) is 0.159. The van der Waals surface area contributed by atoms with Crippen LogP contribution in [0.2, 0.25) is 0 Å². The Morgan fingerprint density at radius 3 is 1.68 bits per heavy atom. The van der Waals surface area contributed by atoms with Crippen LogP contribution in [-0.2, 0) is 5.41 Å². The fourth-order valence-electron chi connectivity index (χ4n) is 12.3. The van der Waals surface area contributed by atoms with Crippen LogP contribution in [0.3, 0.4) is 0 Å². The van der Waals surface area contributed by atoms with Crippen molar-refractivity contribution in [3.8, 4) is 44.8 Å². The summed E-state index contributed by atoms with van der Waals surface area (Å²) in [5, 5.41) is 7.10. The minimum atomic E-state index is -0.174. The molecule has 3 heterocycles. The molecule has 4 nitrogen and oxygen atoms in total. The van der Waals surface area contributed by atoms with E-state index in [1.165, 1.54) is 71.4 Å². The van der Waals surface area contributed by atoms with Crippen LogP contribution in [0.25, 0.3) is 110 Å². The standard InChI is InChI=1S/C69H47N3O/c1-69(2)58-25-12-9-21-52(58)53-38-37-50(43-59(53)69)70(49-35-31-44(32-36-49)51-24-15-28-63-67(51)55-23-11-14-27-61(55)72(63)48-19-7-4-8-20-48)64-29-16-30-66-68(64)57-42-46(34-40-65(57)73-66)45-33-39-62-56(41-45)54-22-10-13-26-60(54)71(62)47-17-5-3-6-18-47/h3-43H,1-2H3. The number of fused-ring (bicyclic) bond motifs is 12. The van der Waals surface area contributed by atoms with Gasteiger partial charge in [-0.2, -0.15) is 0 Å². The van der Waals surface area contributed by atoms with E-state index in [2.05, 4.69) is 277 Å². The molecule has 0 unspecified atom stereocenters. The maximum absolute atomic E-state index is 6.79. The zero-order chi connectivity index (χ0) is 48.4. The third-order valence-corrected chi connectivity index (χ3v) is 15.7. The molecule has 0 radical (unpaired) electrons. The summed E-state index contributed by atoms with van der Waals surface area (Å²) in [7, 11) is 0. The van der Waals surface area contributed by atoms with E-state index in [1.807, 2.05) is 0 Å². The number of anilines is 3. The second-order valence-corrected chi connectivity index (χ2v) is 20.1. The second-order valence-electron chi connectivity index (χ2n) is 20.1. The minimum Gasteiger partial charge on any atom is -0.456 e. The summed E-state index contributed by atoms with van der Waals surface area (Å²) in [5.74, 6) is 0. The molecule has 0 fully saturated rings. The predicted octanol–water partition coefficient (Wildman–Crippen LogP) is 18.9. The van der Waals surface area contributed by atoms with Gasteiger partial charge >= 0.3 is 0 Å².